The average Bonchev–Trinajstić information content (AvgIpc) is 2.42. The van der Waals surface area contributed by atoms with Gasteiger partial charge in [0.15, 0.2) is 0 Å². The molecule has 1 atom stereocenters. The van der Waals surface area contributed by atoms with Gasteiger partial charge in [-0.25, -0.2) is 4.98 Å². The molecule has 2 rings (SSSR count). The van der Waals surface area contributed by atoms with Crippen molar-refractivity contribution in [1.82, 2.24) is 4.98 Å². The molecule has 0 radical (unpaired) electrons. The molecular weight excluding hydrogens is 240 g/mol. The van der Waals surface area contributed by atoms with Crippen LogP contribution in [-0.2, 0) is 6.42 Å². The van der Waals surface area contributed by atoms with Crippen molar-refractivity contribution in [2.45, 2.75) is 19.4 Å². The van der Waals surface area contributed by atoms with Crippen LogP contribution in [-0.4, -0.2) is 10.1 Å². The second-order valence-corrected chi connectivity index (χ2v) is 4.19. The third kappa shape index (κ3) is 3.54. The summed E-state index contributed by atoms with van der Waals surface area (Å²) < 4.78 is 5.57. The Bertz CT molecular complexity index is 569. The molecule has 0 aliphatic heterocycles. The van der Waals surface area contributed by atoms with Crippen LogP contribution >= 0.6 is 0 Å². The Labute approximate surface area is 111 Å². The zero-order chi connectivity index (χ0) is 13.7. The second kappa shape index (κ2) is 5.98. The summed E-state index contributed by atoms with van der Waals surface area (Å²) in [4.78, 5) is 4.12. The van der Waals surface area contributed by atoms with E-state index < -0.39 is 6.10 Å². The largest absolute Gasteiger partial charge is 0.439 e. The van der Waals surface area contributed by atoms with Crippen molar-refractivity contribution < 1.29 is 9.84 Å². The van der Waals surface area contributed by atoms with Crippen LogP contribution in [0.2, 0.25) is 0 Å². The van der Waals surface area contributed by atoms with Crippen molar-refractivity contribution in [3.63, 3.8) is 0 Å². The predicted molar refractivity (Wildman–Crippen MR) is 70.7 cm³/mol. The highest BCUT2D eigenvalue weighted by atomic mass is 16.5. The number of aliphatic hydroxyl groups is 1. The van der Waals surface area contributed by atoms with Crippen LogP contribution in [0.3, 0.4) is 0 Å². The van der Waals surface area contributed by atoms with Gasteiger partial charge in [-0.15, -0.1) is 0 Å². The Morgan fingerprint density at radius 3 is 2.53 bits per heavy atom. The Morgan fingerprint density at radius 1 is 1.26 bits per heavy atom. The van der Waals surface area contributed by atoms with E-state index in [1.807, 2.05) is 12.1 Å². The summed E-state index contributed by atoms with van der Waals surface area (Å²) in [5.41, 5.74) is 1.70. The molecule has 1 N–H and O–H groups in total. The first-order valence-electron chi connectivity index (χ1n) is 5.97. The first-order chi connectivity index (χ1) is 9.19. The molecule has 4 nitrogen and oxygen atoms in total. The highest BCUT2D eigenvalue weighted by Crippen LogP contribution is 2.21. The monoisotopic (exact) mass is 254 g/mol. The van der Waals surface area contributed by atoms with Gasteiger partial charge >= 0.3 is 0 Å². The van der Waals surface area contributed by atoms with E-state index in [0.29, 0.717) is 18.1 Å². The highest BCUT2D eigenvalue weighted by molar-refractivity contribution is 5.32. The number of rotatable bonds is 4. The van der Waals surface area contributed by atoms with E-state index in [1.54, 1.807) is 37.4 Å². The van der Waals surface area contributed by atoms with Gasteiger partial charge < -0.3 is 9.84 Å². The lowest BCUT2D eigenvalue weighted by molar-refractivity contribution is 0.198. The molecule has 0 aliphatic carbocycles. The molecule has 0 fully saturated rings. The van der Waals surface area contributed by atoms with Crippen LogP contribution in [0.25, 0.3) is 0 Å². The van der Waals surface area contributed by atoms with Crippen LogP contribution in [0.1, 0.15) is 24.2 Å². The quantitative estimate of drug-likeness (QED) is 0.910. The van der Waals surface area contributed by atoms with E-state index in [0.717, 1.165) is 11.1 Å². The van der Waals surface area contributed by atoms with Crippen LogP contribution in [0.5, 0.6) is 11.6 Å². The molecule has 0 bridgehead atoms. The van der Waals surface area contributed by atoms with Gasteiger partial charge in [0, 0.05) is 12.3 Å². The van der Waals surface area contributed by atoms with E-state index in [4.69, 9.17) is 10.00 Å². The van der Waals surface area contributed by atoms with E-state index >= 15 is 0 Å². The van der Waals surface area contributed by atoms with Crippen LogP contribution in [0.4, 0.5) is 0 Å². The number of nitrogens with zero attached hydrogens (tertiary/aromatic N) is 2. The summed E-state index contributed by atoms with van der Waals surface area (Å²) in [6.07, 6.45) is 1.44. The van der Waals surface area contributed by atoms with Gasteiger partial charge in [-0.3, -0.25) is 0 Å². The molecule has 0 spiro atoms. The lowest BCUT2D eigenvalue weighted by atomic mass is 10.2. The number of hydrogen-bond acceptors (Lipinski definition) is 4. The number of pyridine rings is 1. The van der Waals surface area contributed by atoms with Gasteiger partial charge in [0.2, 0.25) is 5.88 Å². The van der Waals surface area contributed by atoms with Crippen molar-refractivity contribution in [2.75, 3.05) is 0 Å². The van der Waals surface area contributed by atoms with Gasteiger partial charge in [-0.05, 0) is 36.2 Å². The molecular formula is C15H14N2O2. The minimum atomic E-state index is -0.535. The van der Waals surface area contributed by atoms with Crippen LogP contribution in [0, 0.1) is 11.3 Å². The number of nitriles is 1. The van der Waals surface area contributed by atoms with Gasteiger partial charge in [-0.1, -0.05) is 12.1 Å². The van der Waals surface area contributed by atoms with Gasteiger partial charge in [0.25, 0.3) is 0 Å². The number of aromatic nitrogens is 1. The maximum atomic E-state index is 9.38. The van der Waals surface area contributed by atoms with Crippen LogP contribution < -0.4 is 4.74 Å². The number of hydrogen-bond donors (Lipinski definition) is 1. The molecule has 1 heterocycles. The first-order valence-corrected chi connectivity index (χ1v) is 5.97. The Kier molecular flexibility index (Phi) is 4.11. The van der Waals surface area contributed by atoms with Gasteiger partial charge in [0.1, 0.15) is 5.75 Å². The first kappa shape index (κ1) is 13.1. The van der Waals surface area contributed by atoms with Crippen molar-refractivity contribution in [3.8, 4) is 17.7 Å². The third-order valence-electron chi connectivity index (χ3n) is 2.67. The van der Waals surface area contributed by atoms with E-state index in [2.05, 4.69) is 11.1 Å². The number of ether oxygens (including phenoxy) is 1. The molecule has 19 heavy (non-hydrogen) atoms. The van der Waals surface area contributed by atoms with Crippen LogP contribution in [0.15, 0.2) is 42.6 Å². The molecule has 1 aromatic heterocycles. The molecule has 0 saturated carbocycles. The lowest BCUT2D eigenvalue weighted by Gasteiger charge is -2.07. The minimum Gasteiger partial charge on any atom is -0.439 e. The van der Waals surface area contributed by atoms with Crippen molar-refractivity contribution >= 4 is 0 Å². The molecule has 0 amide bonds. The lowest BCUT2D eigenvalue weighted by Crippen LogP contribution is -1.93. The molecule has 96 valence electrons. The molecule has 0 saturated heterocycles. The molecule has 4 heteroatoms. The summed E-state index contributed by atoms with van der Waals surface area (Å²) in [6, 6.07) is 12.9. The van der Waals surface area contributed by atoms with Crippen molar-refractivity contribution in [1.29, 1.82) is 5.26 Å². The summed E-state index contributed by atoms with van der Waals surface area (Å²) >= 11 is 0. The van der Waals surface area contributed by atoms with E-state index in [1.165, 1.54) is 0 Å². The normalized spacial score (nSPS) is 11.6. The summed E-state index contributed by atoms with van der Waals surface area (Å²) in [6.45, 7) is 1.69. The molecule has 1 aromatic carbocycles. The van der Waals surface area contributed by atoms with Gasteiger partial charge in [0.05, 0.1) is 18.6 Å². The van der Waals surface area contributed by atoms with Crippen molar-refractivity contribution in [2.24, 2.45) is 0 Å². The standard InChI is InChI=1S/C15H14N2O2/c1-11(18)13-4-7-15(17-10-13)19-14-5-2-12(3-6-14)8-9-16/h2-7,10-11,18H,8H2,1H3/t11-/m0/s1. The third-order valence-corrected chi connectivity index (χ3v) is 2.67. The minimum absolute atomic E-state index is 0.390. The zero-order valence-corrected chi connectivity index (χ0v) is 10.6. The average molecular weight is 254 g/mol. The fraction of sp³-hybridized carbons (Fsp3) is 0.200. The second-order valence-electron chi connectivity index (χ2n) is 4.19. The van der Waals surface area contributed by atoms with Gasteiger partial charge in [-0.2, -0.15) is 5.26 Å². The maximum Gasteiger partial charge on any atom is 0.219 e. The number of benzene rings is 1. The Balaban J connectivity index is 2.06. The fourth-order valence-corrected chi connectivity index (χ4v) is 1.59. The fourth-order valence-electron chi connectivity index (χ4n) is 1.59. The molecule has 0 unspecified atom stereocenters. The van der Waals surface area contributed by atoms with E-state index in [-0.39, 0.29) is 0 Å². The number of aliphatic hydroxyl groups excluding tert-OH is 1. The topological polar surface area (TPSA) is 66.1 Å². The Hall–Kier alpha value is -2.38. The smallest absolute Gasteiger partial charge is 0.219 e. The Morgan fingerprint density at radius 2 is 2.00 bits per heavy atom. The summed E-state index contributed by atoms with van der Waals surface area (Å²) in [5.74, 6) is 1.14. The summed E-state index contributed by atoms with van der Waals surface area (Å²) in [7, 11) is 0. The maximum absolute atomic E-state index is 9.38. The molecule has 2 aromatic rings. The highest BCUT2D eigenvalue weighted by Gasteiger charge is 2.03. The predicted octanol–water partition coefficient (Wildman–Crippen LogP) is 2.99. The van der Waals surface area contributed by atoms with E-state index in [9.17, 15) is 5.11 Å². The van der Waals surface area contributed by atoms with Crippen molar-refractivity contribution in [3.05, 3.63) is 53.7 Å². The zero-order valence-electron chi connectivity index (χ0n) is 10.6. The SMILES string of the molecule is C[C@H](O)c1ccc(Oc2ccc(CC#N)cc2)nc1. The molecule has 0 aliphatic rings. The summed E-state index contributed by atoms with van der Waals surface area (Å²) in [5, 5.41) is 18.0.